The van der Waals surface area contributed by atoms with E-state index in [0.29, 0.717) is 48.3 Å². The van der Waals surface area contributed by atoms with Crippen LogP contribution < -0.4 is 19.6 Å². The number of fused-ring (bicyclic) bond motifs is 3. The highest BCUT2D eigenvalue weighted by Gasteiger charge is 2.29. The molecule has 8 nitrogen and oxygen atoms in total. The van der Waals surface area contributed by atoms with Gasteiger partial charge >= 0.3 is 5.97 Å². The molecule has 4 rings (SSSR count). The molecule has 0 radical (unpaired) electrons. The number of aromatic nitrogens is 1. The van der Waals surface area contributed by atoms with Crippen molar-refractivity contribution in [2.24, 2.45) is 5.92 Å². The summed E-state index contributed by atoms with van der Waals surface area (Å²) in [5, 5.41) is 9.52. The molecule has 1 unspecified atom stereocenters. The Morgan fingerprint density at radius 2 is 1.78 bits per heavy atom. The largest absolute Gasteiger partial charge is 0.497 e. The number of nitrogens with zero attached hydrogens (tertiary/aromatic N) is 1. The number of ether oxygens (including phenoxy) is 4. The first-order valence-electron chi connectivity index (χ1n) is 11.9. The molecule has 1 aliphatic rings. The maximum atomic E-state index is 12.7. The van der Waals surface area contributed by atoms with Crippen LogP contribution in [-0.4, -0.2) is 43.1 Å². The van der Waals surface area contributed by atoms with Crippen LogP contribution in [0.5, 0.6) is 23.0 Å². The number of methoxy groups -OCH3 is 2. The number of carboxylic acids is 1. The predicted octanol–water partition coefficient (Wildman–Crippen LogP) is 5.18. The molecule has 1 atom stereocenters. The Balaban J connectivity index is 1.82. The lowest BCUT2D eigenvalue weighted by atomic mass is 9.87. The lowest BCUT2D eigenvalue weighted by molar-refractivity contribution is 0.0694. The minimum atomic E-state index is -1.23. The van der Waals surface area contributed by atoms with Crippen molar-refractivity contribution in [3.63, 3.8) is 0 Å². The van der Waals surface area contributed by atoms with E-state index < -0.39 is 11.4 Å². The van der Waals surface area contributed by atoms with Gasteiger partial charge < -0.3 is 28.6 Å². The Labute approximate surface area is 210 Å². The lowest BCUT2D eigenvalue weighted by Gasteiger charge is -2.34. The van der Waals surface area contributed by atoms with Crippen molar-refractivity contribution >= 4 is 5.97 Å². The molecular formula is C28H31NO7. The maximum Gasteiger partial charge on any atom is 0.341 e. The predicted molar refractivity (Wildman–Crippen MR) is 136 cm³/mol. The maximum absolute atomic E-state index is 12.7. The van der Waals surface area contributed by atoms with Crippen LogP contribution in [0.2, 0.25) is 0 Å². The zero-order chi connectivity index (χ0) is 25.8. The first-order valence-corrected chi connectivity index (χ1v) is 11.9. The molecular weight excluding hydrogens is 462 g/mol. The molecule has 0 amide bonds. The number of hydrogen-bond donors (Lipinski definition) is 1. The van der Waals surface area contributed by atoms with Crippen LogP contribution in [0.15, 0.2) is 53.5 Å². The van der Waals surface area contributed by atoms with E-state index in [1.165, 1.54) is 12.3 Å². The monoisotopic (exact) mass is 493 g/mol. The first-order chi connectivity index (χ1) is 17.3. The summed E-state index contributed by atoms with van der Waals surface area (Å²) >= 11 is 0. The van der Waals surface area contributed by atoms with Gasteiger partial charge in [0.25, 0.3) is 0 Å². The average Bonchev–Trinajstić information content (AvgIpc) is 2.86. The highest BCUT2D eigenvalue weighted by atomic mass is 16.5. The number of rotatable bonds is 10. The molecule has 0 aliphatic carbocycles. The van der Waals surface area contributed by atoms with Crippen molar-refractivity contribution in [1.29, 1.82) is 0 Å². The molecule has 2 aromatic carbocycles. The Hall–Kier alpha value is -3.78. The Morgan fingerprint density at radius 1 is 1.06 bits per heavy atom. The van der Waals surface area contributed by atoms with Gasteiger partial charge in [0.15, 0.2) is 16.9 Å². The fourth-order valence-corrected chi connectivity index (χ4v) is 4.44. The summed E-state index contributed by atoms with van der Waals surface area (Å²) in [6.45, 7) is 5.21. The van der Waals surface area contributed by atoms with Gasteiger partial charge in [-0.3, -0.25) is 4.79 Å². The van der Waals surface area contributed by atoms with Gasteiger partial charge in [-0.15, -0.1) is 0 Å². The van der Waals surface area contributed by atoms with Crippen molar-refractivity contribution < 1.29 is 28.8 Å². The second-order valence-electron chi connectivity index (χ2n) is 9.09. The topological polar surface area (TPSA) is 96.2 Å². The molecule has 1 aromatic heterocycles. The number of pyridine rings is 1. The molecule has 36 heavy (non-hydrogen) atoms. The fraction of sp³-hybridized carbons (Fsp3) is 0.357. The fourth-order valence-electron chi connectivity index (χ4n) is 4.44. The molecule has 0 spiro atoms. The van der Waals surface area contributed by atoms with E-state index in [0.717, 1.165) is 17.5 Å². The second-order valence-corrected chi connectivity index (χ2v) is 9.09. The SMILES string of the molecule is COCCCOc1cc2c(cc1Oc1ccc(OC)cc1)-c1cc(=O)c(C(=O)O)cn1C(C(C)C)C2. The van der Waals surface area contributed by atoms with Crippen molar-refractivity contribution in [2.75, 3.05) is 27.4 Å². The minimum absolute atomic E-state index is 0.0131. The van der Waals surface area contributed by atoms with Gasteiger partial charge in [0, 0.05) is 44.0 Å². The van der Waals surface area contributed by atoms with E-state index in [1.54, 1.807) is 26.4 Å². The molecule has 0 fully saturated rings. The summed E-state index contributed by atoms with van der Waals surface area (Å²) in [5.41, 5.74) is 1.73. The normalized spacial score (nSPS) is 14.2. The number of carbonyl (C=O) groups is 1. The highest BCUT2D eigenvalue weighted by molar-refractivity contribution is 5.88. The van der Waals surface area contributed by atoms with Gasteiger partial charge in [-0.05, 0) is 54.3 Å². The van der Waals surface area contributed by atoms with Crippen molar-refractivity contribution in [3.8, 4) is 34.3 Å². The molecule has 2 heterocycles. The van der Waals surface area contributed by atoms with E-state index in [4.69, 9.17) is 18.9 Å². The molecule has 0 saturated carbocycles. The quantitative estimate of drug-likeness (QED) is 0.389. The summed E-state index contributed by atoms with van der Waals surface area (Å²) < 4.78 is 24.6. The molecule has 190 valence electrons. The summed E-state index contributed by atoms with van der Waals surface area (Å²) in [4.78, 5) is 24.3. The zero-order valence-corrected chi connectivity index (χ0v) is 20.9. The standard InChI is InChI=1S/C28H31NO7/c1-17(2)23-12-18-13-26(35-11-5-10-33-3)27(36-20-8-6-19(34-4)7-9-20)14-21(18)24-15-25(30)22(28(31)32)16-29(23)24/h6-9,13-17,23H,5,10-12H2,1-4H3,(H,31,32). The number of benzene rings is 2. The van der Waals surface area contributed by atoms with E-state index in [2.05, 4.69) is 13.8 Å². The molecule has 1 N–H and O–H groups in total. The average molecular weight is 494 g/mol. The van der Waals surface area contributed by atoms with Crippen LogP contribution in [0, 0.1) is 5.92 Å². The van der Waals surface area contributed by atoms with Crippen LogP contribution in [0.25, 0.3) is 11.3 Å². The lowest BCUT2D eigenvalue weighted by Crippen LogP contribution is -2.28. The van der Waals surface area contributed by atoms with Gasteiger partial charge in [0.1, 0.15) is 17.1 Å². The van der Waals surface area contributed by atoms with E-state index in [1.807, 2.05) is 28.8 Å². The third-order valence-corrected chi connectivity index (χ3v) is 6.35. The zero-order valence-electron chi connectivity index (χ0n) is 20.9. The summed E-state index contributed by atoms with van der Waals surface area (Å²) in [7, 11) is 3.25. The Kier molecular flexibility index (Phi) is 7.64. The van der Waals surface area contributed by atoms with E-state index in [-0.39, 0.29) is 17.5 Å². The summed E-state index contributed by atoms with van der Waals surface area (Å²) in [5.74, 6) is 1.40. The van der Waals surface area contributed by atoms with E-state index >= 15 is 0 Å². The highest BCUT2D eigenvalue weighted by Crippen LogP contribution is 2.44. The van der Waals surface area contributed by atoms with Gasteiger partial charge in [-0.1, -0.05) is 13.8 Å². The second kappa shape index (κ2) is 10.9. The number of hydrogen-bond acceptors (Lipinski definition) is 6. The summed E-state index contributed by atoms with van der Waals surface area (Å²) in [6, 6.07) is 12.5. The summed E-state index contributed by atoms with van der Waals surface area (Å²) in [6.07, 6.45) is 2.85. The Bertz CT molecular complexity index is 1290. The Morgan fingerprint density at radius 3 is 2.42 bits per heavy atom. The smallest absolute Gasteiger partial charge is 0.341 e. The van der Waals surface area contributed by atoms with Crippen LogP contribution in [0.3, 0.4) is 0 Å². The van der Waals surface area contributed by atoms with Gasteiger partial charge in [-0.25, -0.2) is 4.79 Å². The number of carboxylic acid groups (broad SMARTS) is 1. The van der Waals surface area contributed by atoms with Crippen LogP contribution in [0.1, 0.15) is 42.2 Å². The van der Waals surface area contributed by atoms with E-state index in [9.17, 15) is 14.7 Å². The van der Waals surface area contributed by atoms with Crippen LogP contribution in [-0.2, 0) is 11.2 Å². The molecule has 0 bridgehead atoms. The molecule has 1 aliphatic heterocycles. The first kappa shape index (κ1) is 25.3. The van der Waals surface area contributed by atoms with Gasteiger partial charge in [0.2, 0.25) is 0 Å². The van der Waals surface area contributed by atoms with Crippen molar-refractivity contribution in [1.82, 2.24) is 4.57 Å². The van der Waals surface area contributed by atoms with Gasteiger partial charge in [-0.2, -0.15) is 0 Å². The van der Waals surface area contributed by atoms with Crippen LogP contribution in [0.4, 0.5) is 0 Å². The third-order valence-electron chi connectivity index (χ3n) is 6.35. The third kappa shape index (κ3) is 5.23. The van der Waals surface area contributed by atoms with Gasteiger partial charge in [0.05, 0.1) is 19.4 Å². The van der Waals surface area contributed by atoms with Crippen molar-refractivity contribution in [2.45, 2.75) is 32.7 Å². The minimum Gasteiger partial charge on any atom is -0.497 e. The number of aromatic carboxylic acids is 1. The molecule has 3 aromatic rings. The van der Waals surface area contributed by atoms with Crippen molar-refractivity contribution in [3.05, 3.63) is 70.0 Å². The molecule has 0 saturated heterocycles. The molecule has 8 heteroatoms. The van der Waals surface area contributed by atoms with Crippen LogP contribution >= 0.6 is 0 Å².